The highest BCUT2D eigenvalue weighted by Crippen LogP contribution is 2.38. The minimum Gasteiger partial charge on any atom is -0.478 e. The first-order valence-corrected chi connectivity index (χ1v) is 18.7. The average molecular weight is 869 g/mol. The van der Waals surface area contributed by atoms with E-state index in [1.54, 1.807) is 73.6 Å². The topological polar surface area (TPSA) is 255 Å². The third-order valence-corrected chi connectivity index (χ3v) is 9.41. The van der Waals surface area contributed by atoms with Crippen molar-refractivity contribution in [3.63, 3.8) is 0 Å². The molecule has 16 nitrogen and oxygen atoms in total. The molecule has 2 aliphatic rings. The third-order valence-electron chi connectivity index (χ3n) is 8.94. The predicted molar refractivity (Wildman–Crippen MR) is 237 cm³/mol. The maximum atomic E-state index is 12.5. The number of anilines is 4. The molecular weight excluding hydrogens is 825 g/mol. The molecule has 0 radical (unpaired) electrons. The molecule has 9 N–H and O–H groups in total. The van der Waals surface area contributed by atoms with E-state index in [4.69, 9.17) is 44.9 Å². The summed E-state index contributed by atoms with van der Waals surface area (Å²) in [5.74, 6) is -3.12. The summed E-state index contributed by atoms with van der Waals surface area (Å²) in [6.45, 7) is 3.51. The summed E-state index contributed by atoms with van der Waals surface area (Å²) in [5.41, 5.74) is 16.0. The number of guanidine groups is 1. The fourth-order valence-corrected chi connectivity index (χ4v) is 6.19. The Bertz CT molecular complexity index is 2540. The number of benzene rings is 4. The van der Waals surface area contributed by atoms with Gasteiger partial charge in [0.05, 0.1) is 45.7 Å². The van der Waals surface area contributed by atoms with Crippen LogP contribution < -0.4 is 27.4 Å². The van der Waals surface area contributed by atoms with E-state index in [9.17, 15) is 24.0 Å². The number of nitrogens with two attached hydrogens (primary N) is 2. The SMILES string of the molecule is C.C[C@H]1C(=O)Nc2cc(Cl)ccc2-c2nc(Nc3ccc(C(=O)O)cc3)ncc21.C[C@H]1C(=O)Nc2cc(Cl)ccc2C(=O)/C1=C\N(C)C.NC(N)=Nc1ccc(C(=O)O)cc1. The van der Waals surface area contributed by atoms with Gasteiger partial charge in [0.15, 0.2) is 11.7 Å². The average Bonchev–Trinajstić information content (AvgIpc) is 3.34. The van der Waals surface area contributed by atoms with Gasteiger partial charge in [0.25, 0.3) is 0 Å². The van der Waals surface area contributed by atoms with Gasteiger partial charge in [-0.05, 0) is 98.8 Å². The maximum absolute atomic E-state index is 12.5. The molecule has 2 atom stereocenters. The van der Waals surface area contributed by atoms with Crippen LogP contribution in [0.25, 0.3) is 11.3 Å². The molecule has 2 amide bonds. The number of aromatic nitrogens is 2. The first kappa shape index (κ1) is 46.4. The van der Waals surface area contributed by atoms with Crippen LogP contribution in [0.4, 0.5) is 28.7 Å². The minimum atomic E-state index is -0.991. The number of nitrogens with one attached hydrogen (secondary N) is 3. The summed E-state index contributed by atoms with van der Waals surface area (Å²) in [7, 11) is 3.64. The second kappa shape index (κ2) is 20.1. The highest BCUT2D eigenvalue weighted by atomic mass is 35.5. The molecule has 0 fully saturated rings. The molecule has 61 heavy (non-hydrogen) atoms. The number of carbonyl (C=O) groups is 5. The quantitative estimate of drug-likeness (QED) is 0.0490. The summed E-state index contributed by atoms with van der Waals surface area (Å²) in [6, 6.07) is 22.3. The number of amides is 2. The summed E-state index contributed by atoms with van der Waals surface area (Å²) in [6.07, 6.45) is 3.32. The first-order valence-electron chi connectivity index (χ1n) is 18.0. The summed E-state index contributed by atoms with van der Waals surface area (Å²) in [5, 5.41) is 27.3. The smallest absolute Gasteiger partial charge is 0.335 e. The number of aliphatic imine (C=N–C) groups is 1. The van der Waals surface area contributed by atoms with Gasteiger partial charge in [-0.25, -0.2) is 24.5 Å². The van der Waals surface area contributed by atoms with Crippen LogP contribution in [-0.4, -0.2) is 74.7 Å². The van der Waals surface area contributed by atoms with E-state index in [2.05, 4.69) is 30.9 Å². The van der Waals surface area contributed by atoms with Gasteiger partial charge < -0.3 is 42.5 Å². The monoisotopic (exact) mass is 867 g/mol. The largest absolute Gasteiger partial charge is 0.478 e. The van der Waals surface area contributed by atoms with Crippen molar-refractivity contribution in [2.75, 3.05) is 30.0 Å². The Labute approximate surface area is 361 Å². The van der Waals surface area contributed by atoms with Crippen LogP contribution in [0.5, 0.6) is 0 Å². The zero-order chi connectivity index (χ0) is 43.8. The molecule has 0 spiro atoms. The molecule has 3 heterocycles. The van der Waals surface area contributed by atoms with Crippen molar-refractivity contribution >= 4 is 87.4 Å². The van der Waals surface area contributed by atoms with Gasteiger partial charge in [0.2, 0.25) is 17.8 Å². The van der Waals surface area contributed by atoms with E-state index >= 15 is 0 Å². The van der Waals surface area contributed by atoms with Gasteiger partial charge in [-0.1, -0.05) is 30.6 Å². The Morgan fingerprint density at radius 2 is 1.30 bits per heavy atom. The molecular formula is C43H43Cl2N9O7. The van der Waals surface area contributed by atoms with E-state index in [0.29, 0.717) is 61.1 Å². The van der Waals surface area contributed by atoms with Gasteiger partial charge in [-0.2, -0.15) is 0 Å². The van der Waals surface area contributed by atoms with Crippen molar-refractivity contribution in [1.29, 1.82) is 0 Å². The number of carbonyl (C=O) groups excluding carboxylic acids is 3. The van der Waals surface area contributed by atoms with E-state index in [0.717, 1.165) is 5.56 Å². The number of fused-ring (bicyclic) bond motifs is 4. The molecule has 316 valence electrons. The molecule has 18 heteroatoms. The third kappa shape index (κ3) is 11.7. The lowest BCUT2D eigenvalue weighted by Crippen LogP contribution is -2.22. The first-order chi connectivity index (χ1) is 28.4. The Kier molecular flexibility index (Phi) is 15.3. The van der Waals surface area contributed by atoms with Crippen molar-refractivity contribution in [1.82, 2.24) is 14.9 Å². The fraction of sp³-hybridized carbons (Fsp3) is 0.163. The zero-order valence-corrected chi connectivity index (χ0v) is 34.0. The van der Waals surface area contributed by atoms with Crippen LogP contribution in [0.2, 0.25) is 10.0 Å². The van der Waals surface area contributed by atoms with Crippen molar-refractivity contribution in [3.05, 3.63) is 135 Å². The molecule has 0 saturated carbocycles. The molecule has 4 aromatic carbocycles. The fourth-order valence-electron chi connectivity index (χ4n) is 5.85. The maximum Gasteiger partial charge on any atom is 0.335 e. The number of hydrogen-bond donors (Lipinski definition) is 7. The summed E-state index contributed by atoms with van der Waals surface area (Å²) >= 11 is 12.0. The Morgan fingerprint density at radius 3 is 1.82 bits per heavy atom. The molecule has 0 bridgehead atoms. The van der Waals surface area contributed by atoms with Crippen molar-refractivity contribution in [3.8, 4) is 11.3 Å². The standard InChI is InChI=1S/C20H15ClN4O3.C14H15ClN2O2.C8H9N3O2.CH4/c1-10-15-9-22-20(23-13-5-2-11(3-6-13)19(27)28)25-17(15)14-7-4-12(21)8-16(14)24-18(10)26;1-8-11(7-17(2)3)13(18)10-5-4-9(15)6-12(10)16-14(8)19;9-8(10)11-6-3-1-5(2-4-6)7(12)13;/h2-10H,1H3,(H,24,26)(H,27,28)(H,22,23,25);4-8H,1-3H3,(H,16,19);1-4H,(H,12,13)(H4,9,10,11);1H4/b;11-7-;;/t10-;8-;;/m11../s1. The number of carboxylic acids is 2. The van der Waals surface area contributed by atoms with Crippen LogP contribution >= 0.6 is 23.2 Å². The molecule has 2 aliphatic heterocycles. The number of aromatic carboxylic acids is 2. The van der Waals surface area contributed by atoms with Crippen LogP contribution in [0, 0.1) is 5.92 Å². The molecule has 0 saturated heterocycles. The van der Waals surface area contributed by atoms with Crippen molar-refractivity contribution in [2.24, 2.45) is 22.4 Å². The summed E-state index contributed by atoms with van der Waals surface area (Å²) < 4.78 is 0. The Morgan fingerprint density at radius 1 is 0.787 bits per heavy atom. The lowest BCUT2D eigenvalue weighted by atomic mass is 9.94. The second-order valence-corrected chi connectivity index (χ2v) is 14.4. The van der Waals surface area contributed by atoms with Crippen LogP contribution in [0.15, 0.2) is 108 Å². The van der Waals surface area contributed by atoms with Gasteiger partial charge in [-0.15, -0.1) is 0 Å². The van der Waals surface area contributed by atoms with E-state index in [-0.39, 0.29) is 42.1 Å². The molecule has 7 rings (SSSR count). The number of rotatable bonds is 6. The number of nitrogens with zero attached hydrogens (tertiary/aromatic N) is 4. The second-order valence-electron chi connectivity index (χ2n) is 13.6. The summed E-state index contributed by atoms with van der Waals surface area (Å²) in [4.78, 5) is 72.9. The van der Waals surface area contributed by atoms with E-state index < -0.39 is 23.8 Å². The molecule has 0 unspecified atom stereocenters. The van der Waals surface area contributed by atoms with Gasteiger partial charge in [0, 0.05) is 64.5 Å². The van der Waals surface area contributed by atoms with Crippen molar-refractivity contribution in [2.45, 2.75) is 27.2 Å². The number of hydrogen-bond acceptors (Lipinski definition) is 10. The van der Waals surface area contributed by atoms with E-state index in [1.165, 1.54) is 36.4 Å². The minimum absolute atomic E-state index is 0. The van der Waals surface area contributed by atoms with Gasteiger partial charge in [-0.3, -0.25) is 14.4 Å². The predicted octanol–water partition coefficient (Wildman–Crippen LogP) is 7.78. The number of ketones is 1. The lowest BCUT2D eigenvalue weighted by molar-refractivity contribution is -0.118. The lowest BCUT2D eigenvalue weighted by Gasteiger charge is -2.13. The molecule has 1 aromatic heterocycles. The van der Waals surface area contributed by atoms with Gasteiger partial charge >= 0.3 is 11.9 Å². The Hall–Kier alpha value is -7.30. The van der Waals surface area contributed by atoms with Gasteiger partial charge in [0.1, 0.15) is 0 Å². The van der Waals surface area contributed by atoms with Crippen LogP contribution in [0.3, 0.4) is 0 Å². The zero-order valence-electron chi connectivity index (χ0n) is 32.5. The Balaban J connectivity index is 0.000000216. The van der Waals surface area contributed by atoms with Crippen molar-refractivity contribution < 1.29 is 34.2 Å². The van der Waals surface area contributed by atoms with Crippen LogP contribution in [0.1, 0.15) is 63.8 Å². The highest BCUT2D eigenvalue weighted by Gasteiger charge is 2.31. The molecule has 5 aromatic rings. The van der Waals surface area contributed by atoms with Crippen LogP contribution in [-0.2, 0) is 9.59 Å². The van der Waals surface area contributed by atoms with E-state index in [1.807, 2.05) is 20.2 Å². The normalized spacial score (nSPS) is 15.4. The number of Topliss-reactive ketones (excluding diaryl/α,β-unsaturated/α-hetero) is 1. The number of carboxylic acid groups (broad SMARTS) is 2. The molecule has 0 aliphatic carbocycles. The number of halogens is 2. The highest BCUT2D eigenvalue weighted by molar-refractivity contribution is 6.32.